The highest BCUT2D eigenvalue weighted by molar-refractivity contribution is 6.18. The number of aldehydes is 1. The highest BCUT2D eigenvalue weighted by atomic mass is 35.5. The van der Waals surface area contributed by atoms with Gasteiger partial charge < -0.3 is 48.6 Å². The van der Waals surface area contributed by atoms with E-state index in [9.17, 15) is 24.9 Å². The maximum Gasteiger partial charge on any atom is 0.410 e. The number of rotatable bonds is 24. The van der Waals surface area contributed by atoms with Gasteiger partial charge in [0.1, 0.15) is 42.8 Å². The fourth-order valence-electron chi connectivity index (χ4n) is 8.74. The highest BCUT2D eigenvalue weighted by Crippen LogP contribution is 2.62. The number of aliphatic hydroxyl groups excluding tert-OH is 3. The minimum atomic E-state index is -1.51. The van der Waals surface area contributed by atoms with Gasteiger partial charge in [-0.3, -0.25) is 9.69 Å². The number of halogens is 1. The van der Waals surface area contributed by atoms with Crippen molar-refractivity contribution in [1.82, 2.24) is 4.90 Å². The number of oxime groups is 1. The molecule has 1 fully saturated rings. The molecule has 0 radical (unpaired) electrons. The third kappa shape index (κ3) is 10.2. The van der Waals surface area contributed by atoms with Crippen LogP contribution in [-0.4, -0.2) is 123 Å². The van der Waals surface area contributed by atoms with Gasteiger partial charge in [0.15, 0.2) is 6.29 Å². The van der Waals surface area contributed by atoms with Crippen molar-refractivity contribution in [3.05, 3.63) is 71.8 Å². The van der Waals surface area contributed by atoms with Crippen molar-refractivity contribution in [2.75, 3.05) is 72.9 Å². The molecule has 3 aliphatic rings. The van der Waals surface area contributed by atoms with Crippen LogP contribution >= 0.6 is 11.6 Å². The van der Waals surface area contributed by atoms with Gasteiger partial charge in [-0.15, -0.1) is 18.2 Å². The van der Waals surface area contributed by atoms with E-state index in [4.69, 9.17) is 44.9 Å². The Hall–Kier alpha value is -4.18. The highest BCUT2D eigenvalue weighted by Gasteiger charge is 2.65. The molecule has 3 N–H and O–H groups in total. The second kappa shape index (κ2) is 22.3. The largest absolute Gasteiger partial charge is 0.496 e. The van der Waals surface area contributed by atoms with E-state index in [0.717, 1.165) is 36.8 Å². The molecule has 1 aliphatic heterocycles. The van der Waals surface area contributed by atoms with Crippen molar-refractivity contribution in [2.45, 2.75) is 62.7 Å². The lowest BCUT2D eigenvalue weighted by molar-refractivity contribution is -0.256. The van der Waals surface area contributed by atoms with Gasteiger partial charge in [0.05, 0.1) is 56.6 Å². The Kier molecular flexibility index (Phi) is 17.2. The van der Waals surface area contributed by atoms with E-state index in [-0.39, 0.29) is 82.8 Å². The zero-order valence-electron chi connectivity index (χ0n) is 33.4. The first kappa shape index (κ1) is 44.9. The van der Waals surface area contributed by atoms with Crippen LogP contribution in [-0.2, 0) is 19.0 Å². The van der Waals surface area contributed by atoms with Crippen LogP contribution in [0.2, 0.25) is 0 Å². The zero-order valence-corrected chi connectivity index (χ0v) is 34.1. The molecule has 58 heavy (non-hydrogen) atoms. The maximum atomic E-state index is 14.1. The van der Waals surface area contributed by atoms with Crippen LogP contribution in [0.1, 0.15) is 66.8 Å². The molecule has 1 heterocycles. The molecule has 1 amide bonds. The first-order chi connectivity index (χ1) is 28.3. The molecule has 6 atom stereocenters. The molecule has 1 saturated carbocycles. The summed E-state index contributed by atoms with van der Waals surface area (Å²) in [6.07, 6.45) is 8.44. The number of benzene rings is 2. The van der Waals surface area contributed by atoms with E-state index in [2.05, 4.69) is 17.8 Å². The predicted molar refractivity (Wildman–Crippen MR) is 217 cm³/mol. The first-order valence-corrected chi connectivity index (χ1v) is 20.5. The monoisotopic (exact) mass is 828 g/mol. The first-order valence-electron chi connectivity index (χ1n) is 19.9. The number of unbranched alkanes of at least 4 members (excludes halogenated alkanes) is 2. The van der Waals surface area contributed by atoms with E-state index in [1.54, 1.807) is 30.3 Å². The van der Waals surface area contributed by atoms with Crippen molar-refractivity contribution in [3.63, 3.8) is 0 Å². The molecular formula is C43H57ClN2O12. The van der Waals surface area contributed by atoms with Crippen LogP contribution in [0, 0.1) is 17.8 Å². The average Bonchev–Trinajstić information content (AvgIpc) is 3.24. The molecule has 0 bridgehead atoms. The fourth-order valence-corrected chi connectivity index (χ4v) is 8.82. The second-order valence-corrected chi connectivity index (χ2v) is 14.8. The minimum absolute atomic E-state index is 0.0154. The van der Waals surface area contributed by atoms with Crippen molar-refractivity contribution in [2.24, 2.45) is 22.9 Å². The van der Waals surface area contributed by atoms with Gasteiger partial charge in [0.2, 0.25) is 5.79 Å². The molecule has 0 spiro atoms. The number of nitrogens with zero attached hydrogens (tertiary/aromatic N) is 2. The number of methoxy groups -OCH3 is 1. The standard InChI is InChI=1S/C43H57ClN2O12/c1-4-20-56-43-39(46(16-22-54-23-19-49)42(51)55-21-15-44)27-36(45-53-3)34-25-29(9-5-7-17-47)33(10-6-8-18-48)40(41(34)43)35-26-32(12-14-38(35)58-43)57-31-11-13-37(52-2)30(24-31)28-50/h4,11-14,24-26,28-29,33,39-41,47-49H,1,5-10,15-23,27H2,2-3H3. The van der Waals surface area contributed by atoms with E-state index < -0.39 is 23.8 Å². The number of amides is 1. The molecule has 2 aromatic rings. The second-order valence-electron chi connectivity index (χ2n) is 14.4. The van der Waals surface area contributed by atoms with E-state index in [0.29, 0.717) is 53.4 Å². The summed E-state index contributed by atoms with van der Waals surface area (Å²) >= 11 is 5.98. The number of carbonyl (C=O) groups is 2. The fraction of sp³-hybridized carbons (Fsp3) is 0.558. The maximum absolute atomic E-state index is 14.1. The summed E-state index contributed by atoms with van der Waals surface area (Å²) in [7, 11) is 2.98. The van der Waals surface area contributed by atoms with Gasteiger partial charge in [-0.1, -0.05) is 30.1 Å². The van der Waals surface area contributed by atoms with Gasteiger partial charge in [-0.05, 0) is 79.5 Å². The lowest BCUT2D eigenvalue weighted by atomic mass is 9.55. The Morgan fingerprint density at radius 2 is 1.78 bits per heavy atom. The third-order valence-corrected chi connectivity index (χ3v) is 11.2. The van der Waals surface area contributed by atoms with Crippen LogP contribution in [0.4, 0.5) is 4.79 Å². The smallest absolute Gasteiger partial charge is 0.410 e. The number of hydrogen-bond donors (Lipinski definition) is 3. The van der Waals surface area contributed by atoms with Crippen LogP contribution in [0.5, 0.6) is 23.0 Å². The summed E-state index contributed by atoms with van der Waals surface area (Å²) in [5, 5.41) is 33.7. The number of ether oxygens (including phenoxy) is 6. The number of hydrogen-bond acceptors (Lipinski definition) is 13. The minimum Gasteiger partial charge on any atom is -0.496 e. The summed E-state index contributed by atoms with van der Waals surface area (Å²) in [4.78, 5) is 33.0. The number of allylic oxidation sites excluding steroid dienone is 1. The van der Waals surface area contributed by atoms with Gasteiger partial charge in [-0.2, -0.15) is 0 Å². The number of alkyl halides is 1. The quantitative estimate of drug-likeness (QED) is 0.0357. The van der Waals surface area contributed by atoms with Crippen molar-refractivity contribution >= 4 is 29.7 Å². The van der Waals surface area contributed by atoms with Crippen LogP contribution < -0.4 is 14.2 Å². The lowest BCUT2D eigenvalue weighted by Gasteiger charge is -2.59. The van der Waals surface area contributed by atoms with Gasteiger partial charge in [0.25, 0.3) is 0 Å². The van der Waals surface area contributed by atoms with E-state index >= 15 is 0 Å². The van der Waals surface area contributed by atoms with E-state index in [1.165, 1.54) is 19.1 Å². The molecule has 2 aliphatic carbocycles. The number of aliphatic hydroxyl groups is 3. The van der Waals surface area contributed by atoms with Gasteiger partial charge in [0, 0.05) is 37.7 Å². The molecule has 15 heteroatoms. The third-order valence-electron chi connectivity index (χ3n) is 11.0. The summed E-state index contributed by atoms with van der Waals surface area (Å²) in [5.74, 6) is -0.349. The Balaban J connectivity index is 1.75. The molecule has 0 saturated heterocycles. The average molecular weight is 829 g/mol. The summed E-state index contributed by atoms with van der Waals surface area (Å²) in [6, 6.07) is 9.78. The molecule has 2 aromatic carbocycles. The Morgan fingerprint density at radius 1 is 1.02 bits per heavy atom. The Morgan fingerprint density at radius 3 is 2.47 bits per heavy atom. The van der Waals surface area contributed by atoms with E-state index in [1.807, 2.05) is 12.1 Å². The van der Waals surface area contributed by atoms with Gasteiger partial charge >= 0.3 is 6.09 Å². The van der Waals surface area contributed by atoms with Crippen molar-refractivity contribution in [1.29, 1.82) is 0 Å². The van der Waals surface area contributed by atoms with Crippen molar-refractivity contribution < 1.29 is 58.2 Å². The van der Waals surface area contributed by atoms with Crippen LogP contribution in [0.3, 0.4) is 0 Å². The SMILES string of the molecule is C=CCOC12Oc3ccc(Oc4ccc(OC)c(C=O)c4)cc3C3C(CCCCO)C(CCCCO)C=C(C(=NOC)CC1N(CCOCCO)C(=O)OCCCl)C32. The van der Waals surface area contributed by atoms with Crippen molar-refractivity contribution in [3.8, 4) is 23.0 Å². The molecule has 0 aromatic heterocycles. The van der Waals surface area contributed by atoms with Crippen LogP contribution in [0.25, 0.3) is 0 Å². The predicted octanol–water partition coefficient (Wildman–Crippen LogP) is 6.25. The zero-order chi connectivity index (χ0) is 41.5. The number of carbonyl (C=O) groups excluding carboxylic acids is 2. The topological polar surface area (TPSA) is 175 Å². The summed E-state index contributed by atoms with van der Waals surface area (Å²) in [6.45, 7) is 4.18. The Labute approximate surface area is 345 Å². The lowest BCUT2D eigenvalue weighted by Crippen LogP contribution is -2.70. The van der Waals surface area contributed by atoms with Crippen LogP contribution in [0.15, 0.2) is 65.9 Å². The number of fused-ring (bicyclic) bond motifs is 2. The summed E-state index contributed by atoms with van der Waals surface area (Å²) < 4.78 is 37.2. The molecule has 14 nitrogen and oxygen atoms in total. The molecular weight excluding hydrogens is 772 g/mol. The Bertz CT molecular complexity index is 1740. The molecule has 5 rings (SSSR count). The normalized spacial score (nSPS) is 23.8. The summed E-state index contributed by atoms with van der Waals surface area (Å²) in [5.41, 5.74) is 2.69. The van der Waals surface area contributed by atoms with Gasteiger partial charge in [-0.25, -0.2) is 4.79 Å². The molecule has 318 valence electrons. The molecule has 6 unspecified atom stereocenters.